The molecule has 0 N–H and O–H groups in total. The molecule has 0 aliphatic carbocycles. The van der Waals surface area contributed by atoms with Crippen LogP contribution in [-0.2, 0) is 4.74 Å². The minimum absolute atomic E-state index is 0.141. The Bertz CT molecular complexity index is 1010. The summed E-state index contributed by atoms with van der Waals surface area (Å²) in [4.78, 5) is 14.4. The van der Waals surface area contributed by atoms with Crippen molar-refractivity contribution in [2.24, 2.45) is 0 Å². The molecule has 0 atom stereocenters. The fourth-order valence-corrected chi connectivity index (χ4v) is 2.53. The van der Waals surface area contributed by atoms with Crippen LogP contribution in [0.5, 0.6) is 23.0 Å². The number of hydrogen-bond donors (Lipinski definition) is 0. The first-order chi connectivity index (χ1) is 13.5. The maximum atomic E-state index is 14.2. The Morgan fingerprint density at radius 2 is 1.86 bits per heavy atom. The highest BCUT2D eigenvalue weighted by Crippen LogP contribution is 2.37. The van der Waals surface area contributed by atoms with Crippen molar-refractivity contribution in [1.29, 1.82) is 0 Å². The van der Waals surface area contributed by atoms with E-state index in [2.05, 4.69) is 4.98 Å². The molecule has 146 valence electrons. The molecule has 8 nitrogen and oxygen atoms in total. The second-order valence-electron chi connectivity index (χ2n) is 5.64. The van der Waals surface area contributed by atoms with Gasteiger partial charge in [0, 0.05) is 30.8 Å². The molecule has 1 heterocycles. The number of nitro benzene ring substituents is 1. The van der Waals surface area contributed by atoms with Crippen molar-refractivity contribution in [3.63, 3.8) is 0 Å². The number of nitrogens with zero attached hydrogens (tertiary/aromatic N) is 2. The number of ether oxygens (including phenoxy) is 4. The molecule has 0 saturated carbocycles. The SMILES string of the molecule is COCCOc1cc2nccc(Oc3ccc([N+](=O)[O-])cc3F)c2cc1OC. The van der Waals surface area contributed by atoms with Crippen LogP contribution in [0.15, 0.2) is 42.6 Å². The average molecular weight is 388 g/mol. The molecule has 2 aromatic carbocycles. The molecule has 0 fully saturated rings. The molecule has 0 bridgehead atoms. The molecule has 0 saturated heterocycles. The highest BCUT2D eigenvalue weighted by atomic mass is 19.1. The number of aromatic nitrogens is 1. The van der Waals surface area contributed by atoms with Gasteiger partial charge < -0.3 is 18.9 Å². The lowest BCUT2D eigenvalue weighted by Gasteiger charge is -2.14. The maximum Gasteiger partial charge on any atom is 0.272 e. The summed E-state index contributed by atoms with van der Waals surface area (Å²) in [5.41, 5.74) is 0.192. The van der Waals surface area contributed by atoms with E-state index in [0.717, 1.165) is 6.07 Å². The van der Waals surface area contributed by atoms with Gasteiger partial charge in [-0.05, 0) is 18.2 Å². The lowest BCUT2D eigenvalue weighted by molar-refractivity contribution is -0.385. The quantitative estimate of drug-likeness (QED) is 0.326. The van der Waals surface area contributed by atoms with E-state index in [4.69, 9.17) is 18.9 Å². The summed E-state index contributed by atoms with van der Waals surface area (Å²) >= 11 is 0. The number of non-ortho nitro benzene ring substituents is 1. The number of fused-ring (bicyclic) bond motifs is 1. The third-order valence-corrected chi connectivity index (χ3v) is 3.88. The molecule has 0 aliphatic heterocycles. The normalized spacial score (nSPS) is 10.7. The van der Waals surface area contributed by atoms with Crippen molar-refractivity contribution < 1.29 is 28.3 Å². The number of halogens is 1. The van der Waals surface area contributed by atoms with Gasteiger partial charge in [-0.15, -0.1) is 0 Å². The number of benzene rings is 2. The molecule has 9 heteroatoms. The summed E-state index contributed by atoms with van der Waals surface area (Å²) in [5, 5.41) is 11.3. The highest BCUT2D eigenvalue weighted by molar-refractivity contribution is 5.88. The molecule has 0 unspecified atom stereocenters. The van der Waals surface area contributed by atoms with Gasteiger partial charge in [-0.25, -0.2) is 4.39 Å². The predicted molar refractivity (Wildman–Crippen MR) is 98.8 cm³/mol. The van der Waals surface area contributed by atoms with Crippen LogP contribution < -0.4 is 14.2 Å². The van der Waals surface area contributed by atoms with Crippen molar-refractivity contribution >= 4 is 16.6 Å². The summed E-state index contributed by atoms with van der Waals surface area (Å²) in [6.45, 7) is 0.750. The lowest BCUT2D eigenvalue weighted by atomic mass is 10.1. The van der Waals surface area contributed by atoms with E-state index in [1.807, 2.05) is 0 Å². The maximum absolute atomic E-state index is 14.2. The summed E-state index contributed by atoms with van der Waals surface area (Å²) in [5.74, 6) is 0.270. The molecule has 28 heavy (non-hydrogen) atoms. The first-order valence-corrected chi connectivity index (χ1v) is 8.23. The summed E-state index contributed by atoms with van der Waals surface area (Å²) in [6, 6.07) is 8.10. The van der Waals surface area contributed by atoms with Gasteiger partial charge in [0.2, 0.25) is 0 Å². The second-order valence-corrected chi connectivity index (χ2v) is 5.64. The Balaban J connectivity index is 1.97. The minimum Gasteiger partial charge on any atom is -0.493 e. The molecule has 3 rings (SSSR count). The van der Waals surface area contributed by atoms with Crippen molar-refractivity contribution in [2.45, 2.75) is 0 Å². The van der Waals surface area contributed by atoms with Crippen LogP contribution in [-0.4, -0.2) is 37.3 Å². The summed E-state index contributed by atoms with van der Waals surface area (Å²) in [6.07, 6.45) is 1.51. The molecule has 3 aromatic rings. The van der Waals surface area contributed by atoms with Crippen molar-refractivity contribution in [2.75, 3.05) is 27.4 Å². The van der Waals surface area contributed by atoms with E-state index >= 15 is 0 Å². The standard InChI is InChI=1S/C19H17FN2O6/c1-25-7-8-27-19-11-15-13(10-18(19)26-2)16(5-6-21-15)28-17-4-3-12(22(23)24)9-14(17)20/h3-6,9-11H,7-8H2,1-2H3. The van der Waals surface area contributed by atoms with E-state index in [1.165, 1.54) is 25.4 Å². The Morgan fingerprint density at radius 3 is 2.54 bits per heavy atom. The van der Waals surface area contributed by atoms with Crippen LogP contribution in [0.4, 0.5) is 10.1 Å². The second kappa shape index (κ2) is 8.49. The van der Waals surface area contributed by atoms with E-state index in [-0.39, 0.29) is 11.4 Å². The zero-order valence-corrected chi connectivity index (χ0v) is 15.2. The molecule has 0 spiro atoms. The molecule has 0 amide bonds. The van der Waals surface area contributed by atoms with E-state index in [9.17, 15) is 14.5 Å². The van der Waals surface area contributed by atoms with Crippen LogP contribution in [0, 0.1) is 15.9 Å². The largest absolute Gasteiger partial charge is 0.493 e. The van der Waals surface area contributed by atoms with Gasteiger partial charge in [0.25, 0.3) is 5.69 Å². The predicted octanol–water partition coefficient (Wildman–Crippen LogP) is 4.11. The molecule has 1 aromatic heterocycles. The van der Waals surface area contributed by atoms with E-state index < -0.39 is 10.7 Å². The highest BCUT2D eigenvalue weighted by Gasteiger charge is 2.15. The Hall–Kier alpha value is -3.46. The topological polar surface area (TPSA) is 93.0 Å². The van der Waals surface area contributed by atoms with Crippen molar-refractivity contribution in [3.05, 3.63) is 58.5 Å². The minimum atomic E-state index is -0.842. The Morgan fingerprint density at radius 1 is 1.04 bits per heavy atom. The number of hydrogen-bond acceptors (Lipinski definition) is 7. The first-order valence-electron chi connectivity index (χ1n) is 8.23. The summed E-state index contributed by atoms with van der Waals surface area (Å²) in [7, 11) is 3.07. The lowest BCUT2D eigenvalue weighted by Crippen LogP contribution is -2.05. The van der Waals surface area contributed by atoms with Crippen LogP contribution in [0.25, 0.3) is 10.9 Å². The van der Waals surface area contributed by atoms with Gasteiger partial charge in [-0.2, -0.15) is 0 Å². The fourth-order valence-electron chi connectivity index (χ4n) is 2.53. The van der Waals surface area contributed by atoms with Gasteiger partial charge in [-0.1, -0.05) is 0 Å². The smallest absolute Gasteiger partial charge is 0.272 e. The number of pyridine rings is 1. The zero-order valence-electron chi connectivity index (χ0n) is 15.2. The summed E-state index contributed by atoms with van der Waals surface area (Å²) < 4.78 is 35.8. The monoisotopic (exact) mass is 388 g/mol. The number of nitro groups is 1. The average Bonchev–Trinajstić information content (AvgIpc) is 2.69. The van der Waals surface area contributed by atoms with Gasteiger partial charge in [0.15, 0.2) is 23.1 Å². The Kier molecular flexibility index (Phi) is 5.85. The van der Waals surface area contributed by atoms with Crippen LogP contribution >= 0.6 is 0 Å². The van der Waals surface area contributed by atoms with Crippen molar-refractivity contribution in [1.82, 2.24) is 4.98 Å². The molecule has 0 aliphatic rings. The van der Waals surface area contributed by atoms with Gasteiger partial charge >= 0.3 is 0 Å². The van der Waals surface area contributed by atoms with Gasteiger partial charge in [0.05, 0.1) is 30.2 Å². The third-order valence-electron chi connectivity index (χ3n) is 3.88. The van der Waals surface area contributed by atoms with Gasteiger partial charge in [0.1, 0.15) is 12.4 Å². The number of rotatable bonds is 8. The van der Waals surface area contributed by atoms with E-state index in [0.29, 0.717) is 41.4 Å². The van der Waals surface area contributed by atoms with Crippen LogP contribution in [0.2, 0.25) is 0 Å². The van der Waals surface area contributed by atoms with Crippen LogP contribution in [0.1, 0.15) is 0 Å². The molecular weight excluding hydrogens is 371 g/mol. The fraction of sp³-hybridized carbons (Fsp3) is 0.211. The first kappa shape index (κ1) is 19.3. The molecular formula is C19H17FN2O6. The van der Waals surface area contributed by atoms with Crippen LogP contribution in [0.3, 0.4) is 0 Å². The molecule has 0 radical (unpaired) electrons. The number of methoxy groups -OCH3 is 2. The van der Waals surface area contributed by atoms with Gasteiger partial charge in [-0.3, -0.25) is 15.1 Å². The van der Waals surface area contributed by atoms with Crippen molar-refractivity contribution in [3.8, 4) is 23.0 Å². The third kappa shape index (κ3) is 4.09. The van der Waals surface area contributed by atoms with E-state index in [1.54, 1.807) is 25.3 Å². The Labute approximate surface area is 159 Å². The zero-order chi connectivity index (χ0) is 20.1.